The molecule has 0 aliphatic carbocycles. The van der Waals surface area contributed by atoms with Gasteiger partial charge in [-0.3, -0.25) is 8.42 Å². The van der Waals surface area contributed by atoms with Crippen LogP contribution < -0.4 is 0 Å². The van der Waals surface area contributed by atoms with Gasteiger partial charge in [-0.2, -0.15) is 0 Å². The predicted molar refractivity (Wildman–Crippen MR) is 10.5 cm³/mol. The van der Waals surface area contributed by atoms with Gasteiger partial charge in [-0.05, 0) is 0 Å². The molecule has 0 N–H and O–H groups in total. The Morgan fingerprint density at radius 2 is 1.14 bits per heavy atom. The van der Waals surface area contributed by atoms with Gasteiger partial charge in [-0.1, -0.05) is 0 Å². The van der Waals surface area contributed by atoms with Gasteiger partial charge in [0.25, 0.3) is 0 Å². The van der Waals surface area contributed by atoms with Crippen molar-refractivity contribution in [3.05, 3.63) is 0 Å². The third-order valence-electron chi connectivity index (χ3n) is 0. The first kappa shape index (κ1) is 15.7. The Morgan fingerprint density at radius 1 is 1.14 bits per heavy atom. The van der Waals surface area contributed by atoms with Crippen molar-refractivity contribution in [3.8, 4) is 0 Å². The van der Waals surface area contributed by atoms with E-state index in [0.717, 1.165) is 0 Å². The zero-order valence-corrected chi connectivity index (χ0v) is 5.72. The van der Waals surface area contributed by atoms with E-state index in [-0.39, 0.29) is 33.6 Å². The van der Waals surface area contributed by atoms with Crippen LogP contribution in [0.3, 0.4) is 0 Å². The summed E-state index contributed by atoms with van der Waals surface area (Å²) in [6.07, 6.45) is 0. The van der Waals surface area contributed by atoms with Crippen LogP contribution in [0.2, 0.25) is 0 Å². The zero-order valence-electron chi connectivity index (χ0n) is 2.74. The summed E-state index contributed by atoms with van der Waals surface area (Å²) < 4.78 is 34.1. The minimum atomic E-state index is -5.17. The van der Waals surface area contributed by atoms with Crippen LogP contribution in [-0.4, -0.2) is 17.5 Å². The fourth-order valence-corrected chi connectivity index (χ4v) is 0. The number of rotatable bonds is 0. The first-order valence-corrected chi connectivity index (χ1v) is 2.00. The molecule has 0 aromatic heterocycles. The van der Waals surface area contributed by atoms with Crippen LogP contribution >= 0.6 is 0 Å². The van der Waals surface area contributed by atoms with Gasteiger partial charge >= 0.3 is 17.1 Å². The topological polar surface area (TPSA) is 80.3 Å². The maximum absolute atomic E-state index is 8.52. The van der Waals surface area contributed by atoms with E-state index in [1.807, 2.05) is 0 Å². The molecule has 0 atom stereocenters. The average Bonchev–Trinajstić information content (AvgIpc) is 0.722. The zero-order chi connectivity index (χ0) is 4.50. The first-order chi connectivity index (χ1) is 2.00. The van der Waals surface area contributed by atoms with Crippen molar-refractivity contribution >= 4 is 10.4 Å². The molecule has 0 amide bonds. The summed E-state index contributed by atoms with van der Waals surface area (Å²) in [4.78, 5) is 0. The van der Waals surface area contributed by atoms with Crippen LogP contribution in [0.1, 0.15) is 0 Å². The summed E-state index contributed by atoms with van der Waals surface area (Å²) >= 11 is 0. The molecule has 0 saturated carbocycles. The van der Waals surface area contributed by atoms with E-state index in [4.69, 9.17) is 17.5 Å². The smallest absolute Gasteiger partial charge is 0.759 e. The first-order valence-electron chi connectivity index (χ1n) is 0.667. The summed E-state index contributed by atoms with van der Waals surface area (Å²) in [5, 5.41) is 0. The van der Waals surface area contributed by atoms with Crippen molar-refractivity contribution < 1.29 is 51.1 Å². The van der Waals surface area contributed by atoms with Gasteiger partial charge < -0.3 is 9.11 Å². The van der Waals surface area contributed by atoms with E-state index >= 15 is 0 Å². The Kier molecular flexibility index (Phi) is 11.3. The molecule has 47 valence electrons. The Morgan fingerprint density at radius 3 is 1.14 bits per heavy atom. The molecule has 0 rings (SSSR count). The number of hydrogen-bond donors (Lipinski definition) is 0. The molecule has 0 aromatic carbocycles. The minimum Gasteiger partial charge on any atom is -0.759 e. The molecule has 0 saturated heterocycles. The SMILES string of the molecule is O=S(=O)([O-])[O-].[Mn+2].[Ni]. The molecule has 0 aromatic rings. The van der Waals surface area contributed by atoms with Crippen molar-refractivity contribution in [1.29, 1.82) is 0 Å². The van der Waals surface area contributed by atoms with Crippen molar-refractivity contribution in [3.63, 3.8) is 0 Å². The Balaban J connectivity index is -0.0000000800. The standard InChI is InChI=1S/Mn.Ni.H2O4S/c;;1-5(2,3)4/h;;(H2,1,2,3,4)/q+2;;/p-2. The average molecular weight is 210 g/mol. The summed E-state index contributed by atoms with van der Waals surface area (Å²) in [5.41, 5.74) is 0. The summed E-state index contributed by atoms with van der Waals surface area (Å²) in [6.45, 7) is 0. The van der Waals surface area contributed by atoms with E-state index in [2.05, 4.69) is 0 Å². The molecule has 0 fully saturated rings. The second kappa shape index (κ2) is 5.03. The third kappa shape index (κ3) is 210. The molecular formula is MnNiO4S. The molecule has 0 spiro atoms. The molecule has 7 heavy (non-hydrogen) atoms. The van der Waals surface area contributed by atoms with Gasteiger partial charge in [0.05, 0.1) is 0 Å². The van der Waals surface area contributed by atoms with Crippen LogP contribution in [0.15, 0.2) is 0 Å². The molecule has 0 bridgehead atoms. The largest absolute Gasteiger partial charge is 2.00 e. The van der Waals surface area contributed by atoms with Gasteiger partial charge in [0.2, 0.25) is 0 Å². The molecule has 0 unspecified atom stereocenters. The fraction of sp³-hybridized carbons (Fsp3) is 0. The van der Waals surface area contributed by atoms with E-state index in [9.17, 15) is 0 Å². The Bertz CT molecular complexity index is 94.9. The molecule has 0 aliphatic rings. The van der Waals surface area contributed by atoms with Crippen molar-refractivity contribution in [2.24, 2.45) is 0 Å². The van der Waals surface area contributed by atoms with Crippen molar-refractivity contribution in [2.75, 3.05) is 0 Å². The van der Waals surface area contributed by atoms with E-state index in [0.29, 0.717) is 0 Å². The quantitative estimate of drug-likeness (QED) is 0.281. The molecule has 1 radical (unpaired) electrons. The van der Waals surface area contributed by atoms with Gasteiger partial charge in [0.15, 0.2) is 0 Å². The molecule has 7 heteroatoms. The van der Waals surface area contributed by atoms with Crippen LogP contribution in [0.4, 0.5) is 0 Å². The normalized spacial score (nSPS) is 8.29. The molecule has 4 nitrogen and oxygen atoms in total. The van der Waals surface area contributed by atoms with Gasteiger partial charge in [-0.25, -0.2) is 0 Å². The second-order valence-electron chi connectivity index (χ2n) is 0.408. The molecule has 0 heterocycles. The number of hydrogen-bond acceptors (Lipinski definition) is 4. The Labute approximate surface area is 61.6 Å². The predicted octanol–water partition coefficient (Wildman–Crippen LogP) is -1.34. The van der Waals surface area contributed by atoms with E-state index in [1.165, 1.54) is 0 Å². The monoisotopic (exact) mass is 209 g/mol. The Hall–Kier alpha value is 0.883. The third-order valence-corrected chi connectivity index (χ3v) is 0. The molecule has 0 aliphatic heterocycles. The molecular weight excluding hydrogens is 210 g/mol. The minimum absolute atomic E-state index is 0. The second-order valence-corrected chi connectivity index (χ2v) is 1.22. The van der Waals surface area contributed by atoms with Crippen molar-refractivity contribution in [2.45, 2.75) is 0 Å². The van der Waals surface area contributed by atoms with Gasteiger partial charge in [0, 0.05) is 26.9 Å². The summed E-state index contributed by atoms with van der Waals surface area (Å²) in [5.74, 6) is 0. The van der Waals surface area contributed by atoms with Gasteiger partial charge in [0.1, 0.15) is 0 Å². The van der Waals surface area contributed by atoms with Crippen molar-refractivity contribution in [1.82, 2.24) is 0 Å². The van der Waals surface area contributed by atoms with Crippen LogP contribution in [0, 0.1) is 0 Å². The van der Waals surface area contributed by atoms with Crippen LogP contribution in [0.5, 0.6) is 0 Å². The maximum atomic E-state index is 8.52. The van der Waals surface area contributed by atoms with Crippen LogP contribution in [0.25, 0.3) is 0 Å². The fourth-order valence-electron chi connectivity index (χ4n) is 0. The maximum Gasteiger partial charge on any atom is 2.00 e. The summed E-state index contributed by atoms with van der Waals surface area (Å²) in [7, 11) is -5.17. The summed E-state index contributed by atoms with van der Waals surface area (Å²) in [6, 6.07) is 0. The van der Waals surface area contributed by atoms with E-state index < -0.39 is 10.4 Å². The van der Waals surface area contributed by atoms with Crippen LogP contribution in [-0.2, 0) is 44.0 Å². The van der Waals surface area contributed by atoms with Gasteiger partial charge in [-0.15, -0.1) is 0 Å². The van der Waals surface area contributed by atoms with E-state index in [1.54, 1.807) is 0 Å².